The van der Waals surface area contributed by atoms with Crippen LogP contribution in [0.3, 0.4) is 0 Å². The zero-order valence-electron chi connectivity index (χ0n) is 8.66. The van der Waals surface area contributed by atoms with Gasteiger partial charge in [-0.3, -0.25) is 14.9 Å². The van der Waals surface area contributed by atoms with Gasteiger partial charge in [0.1, 0.15) is 10.2 Å². The van der Waals surface area contributed by atoms with Gasteiger partial charge in [-0.15, -0.1) is 0 Å². The van der Waals surface area contributed by atoms with Crippen LogP contribution in [0, 0.1) is 10.1 Å². The van der Waals surface area contributed by atoms with E-state index in [0.29, 0.717) is 0 Å². The Morgan fingerprint density at radius 3 is 2.89 bits per heavy atom. The second-order valence-corrected chi connectivity index (χ2v) is 4.48. The summed E-state index contributed by atoms with van der Waals surface area (Å²) in [5, 5.41) is 11.2. The van der Waals surface area contributed by atoms with E-state index in [9.17, 15) is 14.9 Å². The van der Waals surface area contributed by atoms with Gasteiger partial charge in [0.05, 0.1) is 11.0 Å². The SMILES string of the molecule is O=c1ccnc(Sc2cc([N+](=O)[O-])cc(Cl)n2)[nH]1. The van der Waals surface area contributed by atoms with Crippen molar-refractivity contribution >= 4 is 29.1 Å². The van der Waals surface area contributed by atoms with Crippen LogP contribution >= 0.6 is 23.4 Å². The molecular formula is C9H5ClN4O3S. The molecule has 0 aliphatic heterocycles. The van der Waals surface area contributed by atoms with Crippen LogP contribution in [-0.2, 0) is 0 Å². The molecule has 2 aromatic heterocycles. The van der Waals surface area contributed by atoms with Crippen molar-refractivity contribution in [3.63, 3.8) is 0 Å². The van der Waals surface area contributed by atoms with E-state index in [1.807, 2.05) is 0 Å². The zero-order chi connectivity index (χ0) is 13.1. The Balaban J connectivity index is 2.34. The molecule has 0 saturated heterocycles. The highest BCUT2D eigenvalue weighted by atomic mass is 35.5. The van der Waals surface area contributed by atoms with Crippen LogP contribution in [0.15, 0.2) is 39.4 Å². The van der Waals surface area contributed by atoms with Crippen molar-refractivity contribution in [1.29, 1.82) is 0 Å². The number of aromatic amines is 1. The first kappa shape index (κ1) is 12.5. The summed E-state index contributed by atoms with van der Waals surface area (Å²) in [6.07, 6.45) is 1.33. The summed E-state index contributed by atoms with van der Waals surface area (Å²) in [6, 6.07) is 3.66. The number of aromatic nitrogens is 3. The minimum atomic E-state index is -0.571. The van der Waals surface area contributed by atoms with Crippen LogP contribution in [0.2, 0.25) is 5.15 Å². The molecule has 9 heteroatoms. The maximum atomic E-state index is 11.1. The van der Waals surface area contributed by atoms with Gasteiger partial charge in [-0.05, 0) is 11.8 Å². The molecule has 7 nitrogen and oxygen atoms in total. The summed E-state index contributed by atoms with van der Waals surface area (Å²) in [4.78, 5) is 31.4. The van der Waals surface area contributed by atoms with Gasteiger partial charge in [-0.1, -0.05) is 11.6 Å². The lowest BCUT2D eigenvalue weighted by atomic mass is 10.4. The molecule has 2 heterocycles. The molecule has 92 valence electrons. The second kappa shape index (κ2) is 5.15. The molecular weight excluding hydrogens is 280 g/mol. The highest BCUT2D eigenvalue weighted by Crippen LogP contribution is 2.27. The lowest BCUT2D eigenvalue weighted by Crippen LogP contribution is -2.05. The van der Waals surface area contributed by atoms with Gasteiger partial charge < -0.3 is 4.98 Å². The van der Waals surface area contributed by atoms with Gasteiger partial charge >= 0.3 is 0 Å². The number of halogens is 1. The quantitative estimate of drug-likeness (QED) is 0.399. The molecule has 0 amide bonds. The van der Waals surface area contributed by atoms with Crippen molar-refractivity contribution in [2.24, 2.45) is 0 Å². The molecule has 0 fully saturated rings. The van der Waals surface area contributed by atoms with Crippen molar-refractivity contribution < 1.29 is 4.92 Å². The van der Waals surface area contributed by atoms with E-state index >= 15 is 0 Å². The van der Waals surface area contributed by atoms with Crippen molar-refractivity contribution in [3.8, 4) is 0 Å². The zero-order valence-corrected chi connectivity index (χ0v) is 10.2. The lowest BCUT2D eigenvalue weighted by molar-refractivity contribution is -0.385. The first-order chi connectivity index (χ1) is 8.54. The molecule has 2 aromatic rings. The van der Waals surface area contributed by atoms with Crippen molar-refractivity contribution in [3.05, 3.63) is 50.0 Å². The van der Waals surface area contributed by atoms with Gasteiger partial charge in [0, 0.05) is 18.3 Å². The smallest absolute Gasteiger partial charge is 0.275 e. The number of hydrogen-bond acceptors (Lipinski definition) is 6. The van der Waals surface area contributed by atoms with Crippen LogP contribution in [0.5, 0.6) is 0 Å². The lowest BCUT2D eigenvalue weighted by Gasteiger charge is -2.00. The average molecular weight is 285 g/mol. The molecule has 0 atom stereocenters. The van der Waals surface area contributed by atoms with Gasteiger partial charge in [0.25, 0.3) is 11.2 Å². The summed E-state index contributed by atoms with van der Waals surface area (Å²) in [5.74, 6) is 0. The third kappa shape index (κ3) is 3.05. The fourth-order valence-corrected chi connectivity index (χ4v) is 2.16. The molecule has 0 radical (unpaired) electrons. The van der Waals surface area contributed by atoms with E-state index in [-0.39, 0.29) is 26.6 Å². The largest absolute Gasteiger partial charge is 0.301 e. The molecule has 0 aliphatic carbocycles. The molecule has 18 heavy (non-hydrogen) atoms. The second-order valence-electron chi connectivity index (χ2n) is 3.08. The number of nitrogens with one attached hydrogen (secondary N) is 1. The third-order valence-corrected chi connectivity index (χ3v) is 2.83. The molecule has 0 bridgehead atoms. The van der Waals surface area contributed by atoms with Gasteiger partial charge in [0.15, 0.2) is 5.16 Å². The summed E-state index contributed by atoms with van der Waals surface area (Å²) in [5.41, 5.74) is -0.486. The Morgan fingerprint density at radius 2 is 2.22 bits per heavy atom. The van der Waals surface area contributed by atoms with E-state index in [4.69, 9.17) is 11.6 Å². The number of hydrogen-bond donors (Lipinski definition) is 1. The normalized spacial score (nSPS) is 10.3. The van der Waals surface area contributed by atoms with Crippen LogP contribution in [0.25, 0.3) is 0 Å². The van der Waals surface area contributed by atoms with E-state index in [1.54, 1.807) is 0 Å². The number of nitro groups is 1. The Hall–Kier alpha value is -1.93. The molecule has 2 rings (SSSR count). The Morgan fingerprint density at radius 1 is 1.44 bits per heavy atom. The minimum absolute atomic E-state index is 0.00461. The maximum absolute atomic E-state index is 11.1. The standard InChI is InChI=1S/C9H5ClN4O3S/c10-6-3-5(14(16)17)4-8(12-6)18-9-11-2-1-7(15)13-9/h1-4H,(H,11,13,15). The van der Waals surface area contributed by atoms with Crippen molar-refractivity contribution in [2.75, 3.05) is 0 Å². The van der Waals surface area contributed by atoms with Crippen LogP contribution < -0.4 is 5.56 Å². The van der Waals surface area contributed by atoms with Crippen molar-refractivity contribution in [2.45, 2.75) is 10.2 Å². The van der Waals surface area contributed by atoms with Gasteiger partial charge in [-0.25, -0.2) is 9.97 Å². The molecule has 1 N–H and O–H groups in total. The first-order valence-corrected chi connectivity index (χ1v) is 5.79. The summed E-state index contributed by atoms with van der Waals surface area (Å²) < 4.78 is 0. The highest BCUT2D eigenvalue weighted by molar-refractivity contribution is 7.99. The van der Waals surface area contributed by atoms with Gasteiger partial charge in [0.2, 0.25) is 0 Å². The molecule has 0 aliphatic rings. The van der Waals surface area contributed by atoms with E-state index in [0.717, 1.165) is 17.8 Å². The number of nitrogens with zero attached hydrogens (tertiary/aromatic N) is 3. The predicted molar refractivity (Wildman–Crippen MR) is 64.9 cm³/mol. The molecule has 0 spiro atoms. The fraction of sp³-hybridized carbons (Fsp3) is 0. The van der Waals surface area contributed by atoms with E-state index in [1.165, 1.54) is 18.3 Å². The number of H-pyrrole nitrogens is 1. The highest BCUT2D eigenvalue weighted by Gasteiger charge is 2.11. The summed E-state index contributed by atoms with van der Waals surface area (Å²) in [6.45, 7) is 0. The average Bonchev–Trinajstić information content (AvgIpc) is 2.28. The van der Waals surface area contributed by atoms with E-state index < -0.39 is 4.92 Å². The Labute approximate surface area is 109 Å². The number of pyridine rings is 1. The number of rotatable bonds is 3. The monoisotopic (exact) mass is 284 g/mol. The fourth-order valence-electron chi connectivity index (χ4n) is 1.12. The first-order valence-electron chi connectivity index (χ1n) is 4.60. The van der Waals surface area contributed by atoms with Crippen LogP contribution in [0.4, 0.5) is 5.69 Å². The van der Waals surface area contributed by atoms with Crippen LogP contribution in [0.1, 0.15) is 0 Å². The van der Waals surface area contributed by atoms with E-state index in [2.05, 4.69) is 15.0 Å². The Bertz CT molecular complexity index is 660. The molecule has 0 unspecified atom stereocenters. The van der Waals surface area contributed by atoms with Crippen LogP contribution in [-0.4, -0.2) is 19.9 Å². The van der Waals surface area contributed by atoms with Gasteiger partial charge in [-0.2, -0.15) is 0 Å². The summed E-state index contributed by atoms with van der Waals surface area (Å²) in [7, 11) is 0. The van der Waals surface area contributed by atoms with Crippen molar-refractivity contribution in [1.82, 2.24) is 15.0 Å². The topological polar surface area (TPSA) is 102 Å². The third-order valence-electron chi connectivity index (χ3n) is 1.82. The predicted octanol–water partition coefficient (Wildman–Crippen LogP) is 1.88. The Kier molecular flexibility index (Phi) is 3.58. The molecule has 0 saturated carbocycles. The summed E-state index contributed by atoms with van der Waals surface area (Å²) >= 11 is 6.65. The molecule has 0 aromatic carbocycles. The minimum Gasteiger partial charge on any atom is -0.301 e. The maximum Gasteiger partial charge on any atom is 0.275 e.